The molecule has 0 aromatic carbocycles. The molecule has 0 radical (unpaired) electrons. The van der Waals surface area contributed by atoms with E-state index in [4.69, 9.17) is 16.0 Å². The zero-order valence-electron chi connectivity index (χ0n) is 10.00. The van der Waals surface area contributed by atoms with Crippen molar-refractivity contribution in [2.45, 2.75) is 31.6 Å². The van der Waals surface area contributed by atoms with Crippen LogP contribution >= 0.6 is 43.5 Å². The molecule has 3 rings (SSSR count). The van der Waals surface area contributed by atoms with Gasteiger partial charge in [0.15, 0.2) is 16.3 Å². The van der Waals surface area contributed by atoms with Crippen molar-refractivity contribution in [3.8, 4) is 11.6 Å². The van der Waals surface area contributed by atoms with Gasteiger partial charge in [-0.3, -0.25) is 0 Å². The van der Waals surface area contributed by atoms with Crippen molar-refractivity contribution >= 4 is 43.5 Å². The molecule has 0 amide bonds. The lowest BCUT2D eigenvalue weighted by molar-refractivity contribution is 0.550. The summed E-state index contributed by atoms with van der Waals surface area (Å²) in [5, 5.41) is 0.444. The van der Waals surface area contributed by atoms with E-state index in [1.807, 2.05) is 12.1 Å². The minimum Gasteiger partial charge on any atom is -0.446 e. The lowest BCUT2D eigenvalue weighted by atomic mass is 10.0. The van der Waals surface area contributed by atoms with Crippen LogP contribution in [0.3, 0.4) is 0 Å². The van der Waals surface area contributed by atoms with E-state index in [1.54, 1.807) is 0 Å². The van der Waals surface area contributed by atoms with Gasteiger partial charge >= 0.3 is 0 Å². The molecule has 100 valence electrons. The van der Waals surface area contributed by atoms with E-state index in [-0.39, 0.29) is 0 Å². The lowest BCUT2D eigenvalue weighted by Crippen LogP contribution is -2.02. The molecule has 0 saturated heterocycles. The Kier molecular flexibility index (Phi) is 3.96. The topological polar surface area (TPSA) is 38.9 Å². The molecule has 19 heavy (non-hydrogen) atoms. The molecule has 0 spiro atoms. The van der Waals surface area contributed by atoms with Crippen molar-refractivity contribution < 1.29 is 4.42 Å². The van der Waals surface area contributed by atoms with Crippen molar-refractivity contribution in [1.82, 2.24) is 9.97 Å². The first-order valence-corrected chi connectivity index (χ1v) is 8.10. The predicted octanol–water partition coefficient (Wildman–Crippen LogP) is 5.57. The minimum absolute atomic E-state index is 0.444. The van der Waals surface area contributed by atoms with Crippen molar-refractivity contribution in [3.63, 3.8) is 0 Å². The number of hydrogen-bond donors (Lipinski definition) is 0. The summed E-state index contributed by atoms with van der Waals surface area (Å²) in [6.45, 7) is 0. The number of rotatable bonds is 2. The van der Waals surface area contributed by atoms with Gasteiger partial charge in [0.05, 0.1) is 10.2 Å². The zero-order valence-corrected chi connectivity index (χ0v) is 13.9. The van der Waals surface area contributed by atoms with Crippen LogP contribution in [0, 0.1) is 0 Å². The maximum atomic E-state index is 6.20. The first kappa shape index (κ1) is 13.6. The Labute approximate surface area is 133 Å². The average Bonchev–Trinajstić information content (AvgIpc) is 3.03. The Morgan fingerprint density at radius 3 is 2.53 bits per heavy atom. The monoisotopic (exact) mass is 404 g/mol. The molecule has 1 fully saturated rings. The minimum atomic E-state index is 0.444. The van der Waals surface area contributed by atoms with E-state index in [1.165, 1.54) is 12.8 Å². The Morgan fingerprint density at radius 2 is 1.89 bits per heavy atom. The van der Waals surface area contributed by atoms with Gasteiger partial charge in [0.25, 0.3) is 0 Å². The Bertz CT molecular complexity index is 609. The molecule has 2 aromatic rings. The van der Waals surface area contributed by atoms with Crippen LogP contribution in [0.4, 0.5) is 0 Å². The molecule has 0 bridgehead atoms. The van der Waals surface area contributed by atoms with Crippen molar-refractivity contribution in [2.24, 2.45) is 0 Å². The van der Waals surface area contributed by atoms with Crippen LogP contribution in [0.2, 0.25) is 5.15 Å². The highest BCUT2D eigenvalue weighted by molar-refractivity contribution is 9.10. The van der Waals surface area contributed by atoms with E-state index in [0.717, 1.165) is 23.0 Å². The lowest BCUT2D eigenvalue weighted by Gasteiger charge is -2.12. The molecular weight excluding hydrogens is 395 g/mol. The maximum Gasteiger partial charge on any atom is 0.197 e. The summed E-state index contributed by atoms with van der Waals surface area (Å²) in [5.74, 6) is 1.63. The summed E-state index contributed by atoms with van der Waals surface area (Å²) >= 11 is 13.0. The Balaban J connectivity index is 2.06. The van der Waals surface area contributed by atoms with Gasteiger partial charge in [0.2, 0.25) is 0 Å². The first-order chi connectivity index (χ1) is 9.15. The van der Waals surface area contributed by atoms with E-state index in [9.17, 15) is 0 Å². The summed E-state index contributed by atoms with van der Waals surface area (Å²) in [5.41, 5.74) is 1.00. The van der Waals surface area contributed by atoms with Gasteiger partial charge in [-0.05, 0) is 56.8 Å². The summed E-state index contributed by atoms with van der Waals surface area (Å²) in [4.78, 5) is 8.92. The third-order valence-electron chi connectivity index (χ3n) is 3.37. The zero-order chi connectivity index (χ0) is 13.4. The van der Waals surface area contributed by atoms with Gasteiger partial charge in [0.1, 0.15) is 5.15 Å². The smallest absolute Gasteiger partial charge is 0.197 e. The largest absolute Gasteiger partial charge is 0.446 e. The quantitative estimate of drug-likeness (QED) is 0.612. The van der Waals surface area contributed by atoms with Gasteiger partial charge in [-0.15, -0.1) is 0 Å². The number of furan rings is 1. The third-order valence-corrected chi connectivity index (χ3v) is 5.08. The number of aromatic nitrogens is 2. The number of halogens is 3. The predicted molar refractivity (Wildman–Crippen MR) is 81.4 cm³/mol. The fourth-order valence-corrected chi connectivity index (χ4v) is 3.43. The van der Waals surface area contributed by atoms with Gasteiger partial charge in [-0.2, -0.15) is 0 Å². The van der Waals surface area contributed by atoms with Crippen LogP contribution in [0.25, 0.3) is 11.6 Å². The Morgan fingerprint density at radius 1 is 1.16 bits per heavy atom. The second-order valence-corrected chi connectivity index (χ2v) is 6.55. The maximum absolute atomic E-state index is 6.20. The summed E-state index contributed by atoms with van der Waals surface area (Å²) in [6, 6.07) is 3.66. The van der Waals surface area contributed by atoms with Crippen molar-refractivity contribution in [1.29, 1.82) is 0 Å². The average molecular weight is 407 g/mol. The second kappa shape index (κ2) is 5.54. The van der Waals surface area contributed by atoms with Crippen LogP contribution in [0.1, 0.15) is 37.3 Å². The summed E-state index contributed by atoms with van der Waals surface area (Å²) < 4.78 is 6.97. The van der Waals surface area contributed by atoms with Crippen LogP contribution < -0.4 is 0 Å². The van der Waals surface area contributed by atoms with Gasteiger partial charge in [-0.25, -0.2) is 9.97 Å². The first-order valence-electron chi connectivity index (χ1n) is 6.14. The highest BCUT2D eigenvalue weighted by atomic mass is 79.9. The third kappa shape index (κ3) is 2.73. The number of hydrogen-bond acceptors (Lipinski definition) is 3. The molecule has 6 heteroatoms. The molecule has 3 nitrogen and oxygen atoms in total. The summed E-state index contributed by atoms with van der Waals surface area (Å²) in [7, 11) is 0. The second-order valence-electron chi connectivity index (χ2n) is 4.62. The molecule has 0 atom stereocenters. The molecular formula is C13H11Br2ClN2O. The molecule has 0 unspecified atom stereocenters. The highest BCUT2D eigenvalue weighted by Crippen LogP contribution is 2.39. The van der Waals surface area contributed by atoms with Crippen molar-refractivity contribution in [2.75, 3.05) is 0 Å². The van der Waals surface area contributed by atoms with E-state index in [0.29, 0.717) is 27.3 Å². The molecule has 1 aliphatic carbocycles. The van der Waals surface area contributed by atoms with Gasteiger partial charge in [-0.1, -0.05) is 24.4 Å². The fourth-order valence-electron chi connectivity index (χ4n) is 2.45. The molecule has 0 aliphatic heterocycles. The SMILES string of the molecule is Clc1nc(-c2ccc(Br)o2)nc(C2CCCC2)c1Br. The van der Waals surface area contributed by atoms with E-state index in [2.05, 4.69) is 41.8 Å². The van der Waals surface area contributed by atoms with Crippen molar-refractivity contribution in [3.05, 3.63) is 32.1 Å². The van der Waals surface area contributed by atoms with E-state index >= 15 is 0 Å². The molecule has 1 aliphatic rings. The highest BCUT2D eigenvalue weighted by Gasteiger charge is 2.24. The number of nitrogens with zero attached hydrogens (tertiary/aromatic N) is 2. The normalized spacial score (nSPS) is 16.2. The van der Waals surface area contributed by atoms with Crippen LogP contribution in [0.15, 0.2) is 25.7 Å². The molecule has 2 aromatic heterocycles. The standard InChI is InChI=1S/C13H11Br2ClN2O/c14-9-6-5-8(19-9)13-17-11(7-3-1-2-4-7)10(15)12(16)18-13/h5-7H,1-4H2. The van der Waals surface area contributed by atoms with Gasteiger partial charge < -0.3 is 4.42 Å². The van der Waals surface area contributed by atoms with Gasteiger partial charge in [0, 0.05) is 5.92 Å². The van der Waals surface area contributed by atoms with Crippen LogP contribution in [-0.2, 0) is 0 Å². The molecule has 2 heterocycles. The Hall–Kier alpha value is -0.390. The van der Waals surface area contributed by atoms with Crippen LogP contribution in [-0.4, -0.2) is 9.97 Å². The van der Waals surface area contributed by atoms with E-state index < -0.39 is 0 Å². The summed E-state index contributed by atoms with van der Waals surface area (Å²) in [6.07, 6.45) is 4.82. The molecule has 0 N–H and O–H groups in total. The molecule has 1 saturated carbocycles. The fraction of sp³-hybridized carbons (Fsp3) is 0.385. The van der Waals surface area contributed by atoms with Crippen LogP contribution in [0.5, 0.6) is 0 Å².